The fraction of sp³-hybridized carbons (Fsp3) is 0.250. The zero-order valence-corrected chi connectivity index (χ0v) is 17.2. The molecule has 0 atom stereocenters. The summed E-state index contributed by atoms with van der Waals surface area (Å²) in [7, 11) is -3.76. The summed E-state index contributed by atoms with van der Waals surface area (Å²) in [5.74, 6) is 0.132. The molecule has 0 amide bonds. The van der Waals surface area contributed by atoms with E-state index >= 15 is 0 Å². The fourth-order valence-corrected chi connectivity index (χ4v) is 5.44. The Balaban J connectivity index is 1.84. The Labute approximate surface area is 166 Å². The molecule has 7 heteroatoms. The van der Waals surface area contributed by atoms with E-state index in [1.807, 2.05) is 19.1 Å². The van der Waals surface area contributed by atoms with Crippen LogP contribution in [-0.4, -0.2) is 19.2 Å². The number of rotatable bonds is 4. The molecule has 1 heterocycles. The minimum Gasteiger partial charge on any atom is -0.358 e. The van der Waals surface area contributed by atoms with Crippen LogP contribution in [0.3, 0.4) is 0 Å². The molecule has 1 aliphatic rings. The van der Waals surface area contributed by atoms with E-state index in [9.17, 15) is 13.2 Å². The maximum atomic E-state index is 13.0. The van der Waals surface area contributed by atoms with Crippen molar-refractivity contribution in [3.8, 4) is 0 Å². The van der Waals surface area contributed by atoms with Gasteiger partial charge < -0.3 is 4.98 Å². The molecule has 0 saturated carbocycles. The van der Waals surface area contributed by atoms with Crippen LogP contribution >= 0.6 is 15.9 Å². The van der Waals surface area contributed by atoms with Crippen LogP contribution in [0, 0.1) is 0 Å². The molecule has 0 fully saturated rings. The topological polar surface area (TPSA) is 79.0 Å². The summed E-state index contributed by atoms with van der Waals surface area (Å²) in [6.07, 6.45) is 2.75. The Bertz CT molecular complexity index is 1170. The van der Waals surface area contributed by atoms with E-state index in [2.05, 4.69) is 25.6 Å². The predicted molar refractivity (Wildman–Crippen MR) is 110 cm³/mol. The molecule has 4 rings (SSSR count). The molecule has 140 valence electrons. The fourth-order valence-electron chi connectivity index (χ4n) is 3.67. The third-order valence-corrected chi connectivity index (χ3v) is 6.87. The molecule has 0 radical (unpaired) electrons. The van der Waals surface area contributed by atoms with Crippen LogP contribution in [-0.2, 0) is 22.9 Å². The number of hydrogen-bond donors (Lipinski definition) is 2. The maximum Gasteiger partial charge on any atom is 0.262 e. The quantitative estimate of drug-likeness (QED) is 0.603. The van der Waals surface area contributed by atoms with Gasteiger partial charge >= 0.3 is 0 Å². The van der Waals surface area contributed by atoms with Gasteiger partial charge in [-0.25, -0.2) is 8.42 Å². The van der Waals surface area contributed by atoms with E-state index in [-0.39, 0.29) is 10.7 Å². The summed E-state index contributed by atoms with van der Waals surface area (Å²) < 4.78 is 29.5. The number of Topliss-reactive ketones (excluding diaryl/α,β-unsaturated/α-hetero) is 1. The van der Waals surface area contributed by atoms with Gasteiger partial charge in [0, 0.05) is 38.7 Å². The zero-order chi connectivity index (χ0) is 19.2. The number of aromatic amines is 1. The van der Waals surface area contributed by atoms with Crippen molar-refractivity contribution < 1.29 is 13.2 Å². The van der Waals surface area contributed by atoms with Crippen molar-refractivity contribution in [3.05, 3.63) is 57.7 Å². The highest BCUT2D eigenvalue weighted by molar-refractivity contribution is 9.10. The van der Waals surface area contributed by atoms with E-state index in [1.54, 1.807) is 24.3 Å². The lowest BCUT2D eigenvalue weighted by atomic mass is 9.94. The van der Waals surface area contributed by atoms with Crippen LogP contribution in [0.5, 0.6) is 0 Å². The van der Waals surface area contributed by atoms with Crippen LogP contribution in [0.4, 0.5) is 5.69 Å². The molecule has 3 aromatic rings. The van der Waals surface area contributed by atoms with Gasteiger partial charge in [-0.15, -0.1) is 0 Å². The van der Waals surface area contributed by atoms with Gasteiger partial charge in [-0.1, -0.05) is 28.9 Å². The van der Waals surface area contributed by atoms with Gasteiger partial charge in [-0.3, -0.25) is 9.52 Å². The Kier molecular flexibility index (Phi) is 4.60. The Morgan fingerprint density at radius 1 is 1.19 bits per heavy atom. The van der Waals surface area contributed by atoms with Crippen molar-refractivity contribution in [2.75, 3.05) is 4.72 Å². The summed E-state index contributed by atoms with van der Waals surface area (Å²) in [6.45, 7) is 1.92. The highest BCUT2D eigenvalue weighted by atomic mass is 79.9. The van der Waals surface area contributed by atoms with Gasteiger partial charge in [0.1, 0.15) is 0 Å². The van der Waals surface area contributed by atoms with E-state index in [0.717, 1.165) is 34.0 Å². The van der Waals surface area contributed by atoms with E-state index < -0.39 is 10.0 Å². The lowest BCUT2D eigenvalue weighted by molar-refractivity contribution is 0.0974. The molecule has 2 aromatic carbocycles. The highest BCUT2D eigenvalue weighted by Gasteiger charge is 2.25. The highest BCUT2D eigenvalue weighted by Crippen LogP contribution is 2.33. The third-order valence-electron chi connectivity index (χ3n) is 4.91. The number of halogens is 1. The van der Waals surface area contributed by atoms with E-state index in [0.29, 0.717) is 29.6 Å². The van der Waals surface area contributed by atoms with Crippen LogP contribution in [0.15, 0.2) is 45.8 Å². The minimum atomic E-state index is -3.76. The molecule has 1 aliphatic carbocycles. The first-order chi connectivity index (χ1) is 12.9. The van der Waals surface area contributed by atoms with Gasteiger partial charge in [0.2, 0.25) is 0 Å². The van der Waals surface area contributed by atoms with Crippen LogP contribution in [0.25, 0.3) is 10.9 Å². The lowest BCUT2D eigenvalue weighted by Crippen LogP contribution is -2.15. The SMILES string of the molecule is CCc1cc2c3c([nH]c2cc1S(=O)(=O)Nc1cccc(Br)c1)CCCC3=O. The van der Waals surface area contributed by atoms with Crippen molar-refractivity contribution in [3.63, 3.8) is 0 Å². The molecule has 0 bridgehead atoms. The molecule has 1 aromatic heterocycles. The molecule has 0 unspecified atom stereocenters. The first kappa shape index (κ1) is 18.3. The molecule has 5 nitrogen and oxygen atoms in total. The Morgan fingerprint density at radius 3 is 2.74 bits per heavy atom. The van der Waals surface area contributed by atoms with Crippen molar-refractivity contribution in [2.24, 2.45) is 0 Å². The van der Waals surface area contributed by atoms with Crippen LogP contribution in [0.1, 0.15) is 41.4 Å². The van der Waals surface area contributed by atoms with Gasteiger partial charge in [0.25, 0.3) is 10.0 Å². The third kappa shape index (κ3) is 3.30. The molecule has 0 aliphatic heterocycles. The number of hydrogen-bond acceptors (Lipinski definition) is 3. The van der Waals surface area contributed by atoms with Gasteiger partial charge in [-0.2, -0.15) is 0 Å². The average Bonchev–Trinajstić information content (AvgIpc) is 2.99. The van der Waals surface area contributed by atoms with Crippen molar-refractivity contribution in [2.45, 2.75) is 37.5 Å². The molecule has 0 saturated heterocycles. The first-order valence-electron chi connectivity index (χ1n) is 8.88. The Hall–Kier alpha value is -2.12. The van der Waals surface area contributed by atoms with Crippen LogP contribution in [0.2, 0.25) is 0 Å². The van der Waals surface area contributed by atoms with Gasteiger partial charge in [0.15, 0.2) is 5.78 Å². The number of sulfonamides is 1. The second kappa shape index (κ2) is 6.80. The number of carbonyl (C=O) groups is 1. The summed E-state index contributed by atoms with van der Waals surface area (Å²) >= 11 is 3.35. The van der Waals surface area contributed by atoms with Crippen molar-refractivity contribution in [1.29, 1.82) is 0 Å². The number of anilines is 1. The standard InChI is InChI=1S/C20H19BrN2O3S/c1-2-12-9-15-17(22-16-7-4-8-18(24)20(15)16)11-19(12)27(25,26)23-14-6-3-5-13(21)10-14/h3,5-6,9-11,22-23H,2,4,7-8H2,1H3. The maximum absolute atomic E-state index is 13.0. The van der Waals surface area contributed by atoms with E-state index in [4.69, 9.17) is 0 Å². The first-order valence-corrected chi connectivity index (χ1v) is 11.2. The second-order valence-corrected chi connectivity index (χ2v) is 9.30. The number of benzene rings is 2. The number of fused-ring (bicyclic) bond motifs is 3. The van der Waals surface area contributed by atoms with E-state index in [1.165, 1.54) is 0 Å². The van der Waals surface area contributed by atoms with Gasteiger partial charge in [0.05, 0.1) is 4.90 Å². The summed E-state index contributed by atoms with van der Waals surface area (Å²) in [5, 5.41) is 0.827. The lowest BCUT2D eigenvalue weighted by Gasteiger charge is -2.13. The zero-order valence-electron chi connectivity index (χ0n) is 14.8. The second-order valence-electron chi connectivity index (χ2n) is 6.73. The number of H-pyrrole nitrogens is 1. The molecule has 27 heavy (non-hydrogen) atoms. The summed E-state index contributed by atoms with van der Waals surface area (Å²) in [4.78, 5) is 15.9. The molecule has 2 N–H and O–H groups in total. The van der Waals surface area contributed by atoms with Crippen molar-refractivity contribution in [1.82, 2.24) is 4.98 Å². The minimum absolute atomic E-state index is 0.132. The number of aromatic nitrogens is 1. The van der Waals surface area contributed by atoms with Crippen LogP contribution < -0.4 is 4.72 Å². The monoisotopic (exact) mass is 446 g/mol. The molecular weight excluding hydrogens is 428 g/mol. The normalized spacial score (nSPS) is 14.4. The van der Waals surface area contributed by atoms with Crippen molar-refractivity contribution >= 4 is 48.3 Å². The number of ketones is 1. The largest absolute Gasteiger partial charge is 0.358 e. The number of aryl methyl sites for hydroxylation is 2. The summed E-state index contributed by atoms with van der Waals surface area (Å²) in [5.41, 5.74) is 3.53. The predicted octanol–water partition coefficient (Wildman–Crippen LogP) is 4.81. The smallest absolute Gasteiger partial charge is 0.262 e. The van der Waals surface area contributed by atoms with Gasteiger partial charge in [-0.05, 0) is 55.2 Å². The number of carbonyl (C=O) groups excluding carboxylic acids is 1. The molecule has 0 spiro atoms. The molecular formula is C20H19BrN2O3S. The summed E-state index contributed by atoms with van der Waals surface area (Å²) in [6, 6.07) is 10.5. The average molecular weight is 447 g/mol. The number of nitrogens with one attached hydrogen (secondary N) is 2. The Morgan fingerprint density at radius 2 is 2.00 bits per heavy atom.